The Balaban J connectivity index is 0.00000410. The molecule has 56 heavy (non-hydrogen) atoms. The van der Waals surface area contributed by atoms with Crippen LogP contribution in [-0.2, 0) is 26.5 Å². The molecule has 1 N–H and O–H groups in total. The molecule has 0 fully saturated rings. The Hall–Kier alpha value is -5.80. The van der Waals surface area contributed by atoms with E-state index in [0.717, 1.165) is 66.7 Å². The van der Waals surface area contributed by atoms with Gasteiger partial charge < -0.3 is 19.6 Å². The van der Waals surface area contributed by atoms with Gasteiger partial charge in [0.15, 0.2) is 5.82 Å². The van der Waals surface area contributed by atoms with Gasteiger partial charge in [-0.1, -0.05) is 117 Å². The van der Waals surface area contributed by atoms with E-state index >= 15 is 0 Å². The van der Waals surface area contributed by atoms with Gasteiger partial charge >= 0.3 is 0 Å². The molecule has 10 rings (SSSR count). The van der Waals surface area contributed by atoms with Crippen LogP contribution in [0.25, 0.3) is 50.6 Å². The molecule has 1 unspecified atom stereocenters. The van der Waals surface area contributed by atoms with E-state index in [0.29, 0.717) is 23.0 Å². The van der Waals surface area contributed by atoms with Gasteiger partial charge in [-0.2, -0.15) is 0 Å². The first-order valence-electron chi connectivity index (χ1n) is 18.3. The van der Waals surface area contributed by atoms with Crippen molar-refractivity contribution in [2.24, 2.45) is 0 Å². The van der Waals surface area contributed by atoms with E-state index in [2.05, 4.69) is 92.1 Å². The van der Waals surface area contributed by atoms with Crippen molar-refractivity contribution in [1.82, 2.24) is 14.5 Å². The number of benzene rings is 6. The van der Waals surface area contributed by atoms with E-state index in [9.17, 15) is 5.11 Å². The molecule has 0 bridgehead atoms. The van der Waals surface area contributed by atoms with Gasteiger partial charge in [0, 0.05) is 40.7 Å². The zero-order chi connectivity index (χ0) is 37.3. The number of phenols is 1. The first-order chi connectivity index (χ1) is 26.8. The maximum absolute atomic E-state index is 11.4. The van der Waals surface area contributed by atoms with Crippen molar-refractivity contribution in [3.8, 4) is 79.5 Å². The summed E-state index contributed by atoms with van der Waals surface area (Å²) in [7, 11) is -1.33. The van der Waals surface area contributed by atoms with Crippen molar-refractivity contribution >= 4 is 24.0 Å². The Morgan fingerprint density at radius 2 is 1.38 bits per heavy atom. The van der Waals surface area contributed by atoms with E-state index in [4.69, 9.17) is 19.4 Å². The standard InChI is InChI=1S/C48H35N3O3P.Pt/c1-48(2,3)34-22-23-38(36(29-34)31-15-8-5-9-16-31)51-45(35-17-10-11-18-39(35)52)50-46-47(51)54-42-20-12-19-41-44(42)55(46)43-28-33(21-24-40(43)53-41)37-27-32(25-26-49-37)30-13-6-4-7-14-30;/h4-27,29,52H,1-3H3;/q-1;. The Morgan fingerprint density at radius 1 is 0.661 bits per heavy atom. The molecule has 276 valence electrons. The van der Waals surface area contributed by atoms with E-state index in [1.807, 2.05) is 85.1 Å². The summed E-state index contributed by atoms with van der Waals surface area (Å²) in [4.78, 5) is 10.2. The first-order valence-corrected chi connectivity index (χ1v) is 19.6. The SMILES string of the molecule is CC(C)(C)c1ccc(-n2c(-c3ccccc3O)nc3c2Oc2cccc4c2P3c2[c-]c(-c3cc(-c5ccccc5)ccn3)ccc2O4)c(-c2ccccc2)c1.[Pt]. The fourth-order valence-corrected chi connectivity index (χ4v) is 9.87. The van der Waals surface area contributed by atoms with Crippen LogP contribution in [0.1, 0.15) is 26.3 Å². The number of para-hydroxylation sites is 1. The van der Waals surface area contributed by atoms with E-state index < -0.39 is 7.92 Å². The number of nitrogens with zero attached hydrogens (tertiary/aromatic N) is 3. The summed E-state index contributed by atoms with van der Waals surface area (Å²) >= 11 is 0. The van der Waals surface area contributed by atoms with Crippen molar-refractivity contribution in [3.63, 3.8) is 0 Å². The molecule has 0 spiro atoms. The third kappa shape index (κ3) is 6.05. The van der Waals surface area contributed by atoms with Gasteiger partial charge in [0.2, 0.25) is 5.88 Å². The predicted octanol–water partition coefficient (Wildman–Crippen LogP) is 10.7. The van der Waals surface area contributed by atoms with Gasteiger partial charge in [-0.05, 0) is 75.8 Å². The molecule has 4 heterocycles. The number of ether oxygens (including phenoxy) is 2. The average molecular weight is 928 g/mol. The van der Waals surface area contributed by atoms with Crippen LogP contribution < -0.4 is 25.5 Å². The second kappa shape index (κ2) is 14.0. The van der Waals surface area contributed by atoms with E-state index in [1.165, 1.54) is 5.56 Å². The van der Waals surface area contributed by atoms with Crippen LogP contribution in [0.4, 0.5) is 0 Å². The fraction of sp³-hybridized carbons (Fsp3) is 0.0833. The number of pyridine rings is 1. The molecular weight excluding hydrogens is 893 g/mol. The third-order valence-corrected chi connectivity index (χ3v) is 12.6. The molecule has 0 amide bonds. The minimum absolute atomic E-state index is 0. The molecule has 2 aliphatic rings. The second-order valence-corrected chi connectivity index (χ2v) is 16.8. The van der Waals surface area contributed by atoms with Gasteiger partial charge in [0.05, 0.1) is 22.3 Å². The van der Waals surface area contributed by atoms with Crippen LogP contribution in [0, 0.1) is 6.07 Å². The molecule has 0 radical (unpaired) electrons. The molecule has 2 aromatic heterocycles. The fourth-order valence-electron chi connectivity index (χ4n) is 7.43. The predicted molar refractivity (Wildman–Crippen MR) is 221 cm³/mol. The van der Waals surface area contributed by atoms with E-state index in [-0.39, 0.29) is 32.2 Å². The smallest absolute Gasteiger partial charge is 0.233 e. The molecule has 1 atom stereocenters. The summed E-state index contributed by atoms with van der Waals surface area (Å²) in [6, 6.07) is 52.6. The van der Waals surface area contributed by atoms with Crippen molar-refractivity contribution in [1.29, 1.82) is 0 Å². The summed E-state index contributed by atoms with van der Waals surface area (Å²) in [5.41, 5.74) is 9.38. The number of hydrogen-bond acceptors (Lipinski definition) is 5. The molecule has 6 aromatic carbocycles. The quantitative estimate of drug-likeness (QED) is 0.138. The zero-order valence-electron chi connectivity index (χ0n) is 30.8. The minimum Gasteiger partial charge on any atom is -0.507 e. The molecule has 0 saturated heterocycles. The number of fused-ring (bicyclic) bond motifs is 4. The summed E-state index contributed by atoms with van der Waals surface area (Å²) in [5, 5.41) is 13.3. The summed E-state index contributed by atoms with van der Waals surface area (Å²) in [6.45, 7) is 6.68. The van der Waals surface area contributed by atoms with Crippen molar-refractivity contribution in [3.05, 3.63) is 163 Å². The number of rotatable bonds is 5. The average Bonchev–Trinajstić information content (AvgIpc) is 3.59. The Morgan fingerprint density at radius 3 is 2.12 bits per heavy atom. The minimum atomic E-state index is -1.33. The molecule has 0 aliphatic carbocycles. The number of imidazole rings is 1. The van der Waals surface area contributed by atoms with E-state index in [1.54, 1.807) is 6.07 Å². The summed E-state index contributed by atoms with van der Waals surface area (Å²) in [5.74, 6) is 3.50. The third-order valence-electron chi connectivity index (χ3n) is 10.2. The van der Waals surface area contributed by atoms with Crippen molar-refractivity contribution in [2.45, 2.75) is 26.2 Å². The number of phenolic OH excluding ortho intramolecular Hbond substituents is 1. The Bertz CT molecular complexity index is 2780. The van der Waals surface area contributed by atoms with Gasteiger partial charge in [-0.25, -0.2) is 4.98 Å². The normalized spacial score (nSPS) is 13.7. The largest absolute Gasteiger partial charge is 0.507 e. The molecule has 8 heteroatoms. The van der Waals surface area contributed by atoms with Crippen LogP contribution in [0.5, 0.6) is 28.9 Å². The van der Waals surface area contributed by atoms with Gasteiger partial charge in [-0.3, -0.25) is 4.57 Å². The summed E-state index contributed by atoms with van der Waals surface area (Å²) in [6.07, 6.45) is 1.85. The van der Waals surface area contributed by atoms with Crippen LogP contribution in [-0.4, -0.2) is 19.6 Å². The van der Waals surface area contributed by atoms with Crippen LogP contribution in [0.3, 0.4) is 0 Å². The van der Waals surface area contributed by atoms with Crippen molar-refractivity contribution in [2.75, 3.05) is 0 Å². The monoisotopic (exact) mass is 927 g/mol. The molecule has 2 aliphatic heterocycles. The molecule has 0 saturated carbocycles. The topological polar surface area (TPSA) is 69.4 Å². The van der Waals surface area contributed by atoms with Crippen LogP contribution in [0.15, 0.2) is 152 Å². The molecule has 6 nitrogen and oxygen atoms in total. The van der Waals surface area contributed by atoms with Gasteiger partial charge in [-0.15, -0.1) is 23.8 Å². The van der Waals surface area contributed by atoms with Crippen LogP contribution >= 0.6 is 7.92 Å². The Kier molecular flexibility index (Phi) is 9.00. The first kappa shape index (κ1) is 35.9. The van der Waals surface area contributed by atoms with Gasteiger partial charge in [0.25, 0.3) is 0 Å². The number of hydrogen-bond donors (Lipinski definition) is 1. The second-order valence-electron chi connectivity index (χ2n) is 14.8. The summed E-state index contributed by atoms with van der Waals surface area (Å²) < 4.78 is 15.6. The zero-order valence-corrected chi connectivity index (χ0v) is 34.0. The molecule has 8 aromatic rings. The van der Waals surface area contributed by atoms with Gasteiger partial charge in [0.1, 0.15) is 22.7 Å². The number of aromatic nitrogens is 3. The number of aromatic hydroxyl groups is 1. The van der Waals surface area contributed by atoms with Crippen molar-refractivity contribution < 1.29 is 35.6 Å². The van der Waals surface area contributed by atoms with Crippen LogP contribution in [0.2, 0.25) is 0 Å². The Labute approximate surface area is 341 Å². The maximum atomic E-state index is 11.4. The maximum Gasteiger partial charge on any atom is 0.233 e. The molecular formula is C48H35N3O3PPt-.